The fourth-order valence-corrected chi connectivity index (χ4v) is 0.841. The van der Waals surface area contributed by atoms with Gasteiger partial charge in [0.1, 0.15) is 5.56 Å². The molecule has 0 aliphatic rings. The van der Waals surface area contributed by atoms with E-state index in [-0.39, 0.29) is 0 Å². The van der Waals surface area contributed by atoms with Crippen molar-refractivity contribution in [3.05, 3.63) is 23.6 Å². The lowest BCUT2D eigenvalue weighted by Crippen LogP contribution is -2.20. The molecule has 0 aliphatic heterocycles. The fraction of sp³-hybridized carbons (Fsp3) is 0.250. The zero-order chi connectivity index (χ0) is 12.3. The number of ether oxygens (including phenoxy) is 1. The molecule has 0 radical (unpaired) electrons. The number of aromatic nitrogens is 1. The average molecular weight is 239 g/mol. The highest BCUT2D eigenvalue weighted by Gasteiger charge is 2.29. The first-order valence-electron chi connectivity index (χ1n) is 3.88. The molecule has 0 aromatic carbocycles. The van der Waals surface area contributed by atoms with Crippen LogP contribution in [-0.2, 0) is 0 Å². The minimum Gasteiger partial charge on any atom is -0.478 e. The summed E-state index contributed by atoms with van der Waals surface area (Å²) in [5.41, 5.74) is -0.799. The number of alkyl halides is 3. The van der Waals surface area contributed by atoms with Crippen molar-refractivity contribution in [3.8, 4) is 5.88 Å². The highest BCUT2D eigenvalue weighted by Crippen LogP contribution is 2.21. The van der Waals surface area contributed by atoms with E-state index in [1.165, 1.54) is 0 Å². The molecule has 1 rings (SSSR count). The molecule has 1 aromatic heterocycles. The molecule has 0 spiro atoms. The molecule has 0 bridgehead atoms. The van der Waals surface area contributed by atoms with E-state index in [4.69, 9.17) is 5.11 Å². The van der Waals surface area contributed by atoms with Crippen molar-refractivity contribution in [3.63, 3.8) is 0 Å². The van der Waals surface area contributed by atoms with E-state index in [1.54, 1.807) is 0 Å². The van der Waals surface area contributed by atoms with Gasteiger partial charge < -0.3 is 9.84 Å². The Hall–Kier alpha value is -1.86. The van der Waals surface area contributed by atoms with Gasteiger partial charge in [0, 0.05) is 6.20 Å². The molecule has 8 heteroatoms. The molecule has 0 amide bonds. The number of nitrogens with zero attached hydrogens (tertiary/aromatic N) is 1. The molecule has 88 valence electrons. The second-order valence-electron chi connectivity index (χ2n) is 2.69. The Kier molecular flexibility index (Phi) is 3.31. The smallest absolute Gasteiger partial charge is 0.422 e. The lowest BCUT2D eigenvalue weighted by Gasteiger charge is -2.09. The van der Waals surface area contributed by atoms with Gasteiger partial charge in [-0.15, -0.1) is 0 Å². The Labute approximate surface area is 86.5 Å². The van der Waals surface area contributed by atoms with E-state index in [2.05, 4.69) is 9.72 Å². The summed E-state index contributed by atoms with van der Waals surface area (Å²) < 4.78 is 52.4. The lowest BCUT2D eigenvalue weighted by molar-refractivity contribution is -0.154. The Bertz CT molecular complexity index is 405. The number of pyridine rings is 1. The highest BCUT2D eigenvalue weighted by atomic mass is 19.4. The zero-order valence-corrected chi connectivity index (χ0v) is 7.58. The van der Waals surface area contributed by atoms with Gasteiger partial charge in [-0.25, -0.2) is 14.2 Å². The second-order valence-corrected chi connectivity index (χ2v) is 2.69. The molecule has 0 fully saturated rings. The van der Waals surface area contributed by atoms with Crippen molar-refractivity contribution in [1.29, 1.82) is 0 Å². The summed E-state index contributed by atoms with van der Waals surface area (Å²) >= 11 is 0. The Balaban J connectivity index is 2.90. The van der Waals surface area contributed by atoms with Crippen molar-refractivity contribution in [2.24, 2.45) is 0 Å². The molecule has 1 N–H and O–H groups in total. The standard InChI is InChI=1S/C8H5F4NO3/c9-5-4(7(14)15)1-2-13-6(5)16-3-8(10,11)12/h1-2H,3H2,(H,14,15). The SMILES string of the molecule is O=C(O)c1ccnc(OCC(F)(F)F)c1F. The van der Waals surface area contributed by atoms with Crippen LogP contribution >= 0.6 is 0 Å². The van der Waals surface area contributed by atoms with Gasteiger partial charge in [-0.3, -0.25) is 0 Å². The molecule has 4 nitrogen and oxygen atoms in total. The zero-order valence-electron chi connectivity index (χ0n) is 7.58. The molecule has 1 aromatic rings. The number of carboxylic acid groups (broad SMARTS) is 1. The summed E-state index contributed by atoms with van der Waals surface area (Å²) in [5.74, 6) is -4.03. The molecule has 16 heavy (non-hydrogen) atoms. The third kappa shape index (κ3) is 3.07. The minimum atomic E-state index is -4.65. The van der Waals surface area contributed by atoms with Crippen LogP contribution in [0.2, 0.25) is 0 Å². The van der Waals surface area contributed by atoms with Gasteiger partial charge in [0.2, 0.25) is 0 Å². The Morgan fingerprint density at radius 1 is 1.50 bits per heavy atom. The van der Waals surface area contributed by atoms with Crippen molar-refractivity contribution in [2.45, 2.75) is 6.18 Å². The van der Waals surface area contributed by atoms with Gasteiger partial charge in [0.25, 0.3) is 5.88 Å². The monoisotopic (exact) mass is 239 g/mol. The highest BCUT2D eigenvalue weighted by molar-refractivity contribution is 5.88. The Morgan fingerprint density at radius 2 is 2.12 bits per heavy atom. The molecular formula is C8H5F4NO3. The van der Waals surface area contributed by atoms with Crippen LogP contribution in [0.4, 0.5) is 17.6 Å². The van der Waals surface area contributed by atoms with Gasteiger partial charge >= 0.3 is 12.1 Å². The average Bonchev–Trinajstić information content (AvgIpc) is 2.14. The number of carbonyl (C=O) groups is 1. The van der Waals surface area contributed by atoms with Crippen LogP contribution in [-0.4, -0.2) is 28.8 Å². The van der Waals surface area contributed by atoms with Gasteiger partial charge in [0.15, 0.2) is 12.4 Å². The van der Waals surface area contributed by atoms with Crippen molar-refractivity contribution < 1.29 is 32.2 Å². The third-order valence-corrected chi connectivity index (χ3v) is 1.46. The summed E-state index contributed by atoms with van der Waals surface area (Å²) in [7, 11) is 0. The first-order valence-corrected chi connectivity index (χ1v) is 3.88. The van der Waals surface area contributed by atoms with Gasteiger partial charge in [-0.05, 0) is 6.07 Å². The Morgan fingerprint density at radius 3 is 2.62 bits per heavy atom. The van der Waals surface area contributed by atoms with Crippen molar-refractivity contribution in [2.75, 3.05) is 6.61 Å². The van der Waals surface area contributed by atoms with E-state index in [9.17, 15) is 22.4 Å². The first-order chi connectivity index (χ1) is 7.31. The van der Waals surface area contributed by atoms with Crippen LogP contribution < -0.4 is 4.74 Å². The summed E-state index contributed by atoms with van der Waals surface area (Å²) in [6.45, 7) is -1.74. The van der Waals surface area contributed by atoms with Crippen LogP contribution in [0.1, 0.15) is 10.4 Å². The lowest BCUT2D eigenvalue weighted by atomic mass is 10.2. The first kappa shape index (κ1) is 12.2. The van der Waals surface area contributed by atoms with E-state index in [0.717, 1.165) is 12.3 Å². The van der Waals surface area contributed by atoms with Gasteiger partial charge in [-0.1, -0.05) is 0 Å². The minimum absolute atomic E-state index is 0.799. The van der Waals surface area contributed by atoms with Crippen LogP contribution in [0.5, 0.6) is 5.88 Å². The predicted octanol–water partition coefficient (Wildman–Crippen LogP) is 1.86. The third-order valence-electron chi connectivity index (χ3n) is 1.46. The van der Waals surface area contributed by atoms with Crippen LogP contribution in [0.15, 0.2) is 12.3 Å². The molecule has 0 unspecified atom stereocenters. The van der Waals surface area contributed by atoms with Crippen molar-refractivity contribution in [1.82, 2.24) is 4.98 Å². The van der Waals surface area contributed by atoms with Crippen LogP contribution in [0.3, 0.4) is 0 Å². The molecule has 0 aliphatic carbocycles. The summed E-state index contributed by atoms with van der Waals surface area (Å²) in [4.78, 5) is 13.6. The van der Waals surface area contributed by atoms with E-state index in [1.807, 2.05) is 0 Å². The largest absolute Gasteiger partial charge is 0.478 e. The maximum absolute atomic E-state index is 13.2. The molecule has 0 saturated carbocycles. The van der Waals surface area contributed by atoms with E-state index >= 15 is 0 Å². The molecular weight excluding hydrogens is 234 g/mol. The van der Waals surface area contributed by atoms with Crippen LogP contribution in [0.25, 0.3) is 0 Å². The maximum Gasteiger partial charge on any atom is 0.422 e. The van der Waals surface area contributed by atoms with Crippen LogP contribution in [0, 0.1) is 5.82 Å². The number of hydrogen-bond acceptors (Lipinski definition) is 3. The fourth-order valence-electron chi connectivity index (χ4n) is 0.841. The normalized spacial score (nSPS) is 11.2. The van der Waals surface area contributed by atoms with Gasteiger partial charge in [-0.2, -0.15) is 13.2 Å². The number of carboxylic acids is 1. The number of rotatable bonds is 3. The molecule has 0 atom stereocenters. The number of halogens is 4. The number of aromatic carboxylic acids is 1. The van der Waals surface area contributed by atoms with Crippen molar-refractivity contribution >= 4 is 5.97 Å². The predicted molar refractivity (Wildman–Crippen MR) is 42.7 cm³/mol. The second kappa shape index (κ2) is 4.33. The van der Waals surface area contributed by atoms with Gasteiger partial charge in [0.05, 0.1) is 0 Å². The van der Waals surface area contributed by atoms with E-state index < -0.39 is 36.0 Å². The summed E-state index contributed by atoms with van der Waals surface area (Å²) in [6.07, 6.45) is -3.80. The van der Waals surface area contributed by atoms with E-state index in [0.29, 0.717) is 0 Å². The number of hydrogen-bond donors (Lipinski definition) is 1. The summed E-state index contributed by atoms with van der Waals surface area (Å²) in [6, 6.07) is 0.818. The molecule has 0 saturated heterocycles. The molecule has 1 heterocycles. The quantitative estimate of drug-likeness (QED) is 0.818. The maximum atomic E-state index is 13.2. The summed E-state index contributed by atoms with van der Waals surface area (Å²) in [5, 5.41) is 8.47. The topological polar surface area (TPSA) is 59.4 Å².